The molecule has 0 aromatic carbocycles. The maximum Gasteiger partial charge on any atom is 0.226 e. The van der Waals surface area contributed by atoms with Crippen molar-refractivity contribution in [2.45, 2.75) is 45.4 Å². The average molecular weight is 182 g/mol. The van der Waals surface area contributed by atoms with E-state index in [0.717, 1.165) is 25.9 Å². The van der Waals surface area contributed by atoms with Crippen LogP contribution < -0.4 is 0 Å². The summed E-state index contributed by atoms with van der Waals surface area (Å²) >= 11 is 0. The van der Waals surface area contributed by atoms with Gasteiger partial charge in [-0.15, -0.1) is 0 Å². The van der Waals surface area contributed by atoms with E-state index in [4.69, 9.17) is 0 Å². The van der Waals surface area contributed by atoms with E-state index in [1.165, 1.54) is 25.7 Å². The summed E-state index contributed by atoms with van der Waals surface area (Å²) in [5.74, 6) is 0.258. The molecule has 0 atom stereocenters. The van der Waals surface area contributed by atoms with Crippen LogP contribution in [0.4, 0.5) is 0 Å². The fourth-order valence-electron chi connectivity index (χ4n) is 1.67. The molecule has 2 heteroatoms. The van der Waals surface area contributed by atoms with Gasteiger partial charge in [-0.1, -0.05) is 19.8 Å². The van der Waals surface area contributed by atoms with Crippen LogP contribution in [0.25, 0.3) is 0 Å². The highest BCUT2D eigenvalue weighted by atomic mass is 16.2. The molecule has 1 radical (unpaired) electrons. The van der Waals surface area contributed by atoms with Crippen LogP contribution in [-0.4, -0.2) is 23.9 Å². The molecule has 1 saturated heterocycles. The molecule has 0 aliphatic carbocycles. The van der Waals surface area contributed by atoms with Crippen molar-refractivity contribution in [2.24, 2.45) is 0 Å². The van der Waals surface area contributed by atoms with Crippen molar-refractivity contribution in [2.75, 3.05) is 13.1 Å². The lowest BCUT2D eigenvalue weighted by Crippen LogP contribution is -2.35. The molecule has 1 heterocycles. The SMILES string of the molecule is CCCC[CH]C(=O)N1CCCCC1. The van der Waals surface area contributed by atoms with E-state index in [2.05, 4.69) is 6.92 Å². The number of hydrogen-bond donors (Lipinski definition) is 0. The van der Waals surface area contributed by atoms with Gasteiger partial charge in [0.25, 0.3) is 0 Å². The lowest BCUT2D eigenvalue weighted by molar-refractivity contribution is -0.128. The third kappa shape index (κ3) is 3.79. The van der Waals surface area contributed by atoms with Gasteiger partial charge in [0, 0.05) is 19.5 Å². The van der Waals surface area contributed by atoms with Gasteiger partial charge in [-0.2, -0.15) is 0 Å². The largest absolute Gasteiger partial charge is 0.342 e. The molecular weight excluding hydrogens is 162 g/mol. The Morgan fingerprint density at radius 1 is 1.31 bits per heavy atom. The molecule has 1 amide bonds. The molecule has 0 bridgehead atoms. The van der Waals surface area contributed by atoms with Crippen LogP contribution in [0.2, 0.25) is 0 Å². The molecule has 75 valence electrons. The fraction of sp³-hybridized carbons (Fsp3) is 0.818. The zero-order valence-corrected chi connectivity index (χ0v) is 8.59. The Morgan fingerprint density at radius 3 is 2.62 bits per heavy atom. The first-order valence-electron chi connectivity index (χ1n) is 5.46. The molecule has 1 aliphatic rings. The number of unbranched alkanes of at least 4 members (excludes halogenated alkanes) is 2. The summed E-state index contributed by atoms with van der Waals surface area (Å²) in [5, 5.41) is 0. The van der Waals surface area contributed by atoms with E-state index >= 15 is 0 Å². The summed E-state index contributed by atoms with van der Waals surface area (Å²) in [5.41, 5.74) is 0. The predicted molar refractivity (Wildman–Crippen MR) is 54.3 cm³/mol. The van der Waals surface area contributed by atoms with Crippen LogP contribution in [0.3, 0.4) is 0 Å². The third-order valence-electron chi connectivity index (χ3n) is 2.54. The minimum atomic E-state index is 0.258. The van der Waals surface area contributed by atoms with Crippen molar-refractivity contribution in [1.29, 1.82) is 0 Å². The van der Waals surface area contributed by atoms with Crippen molar-refractivity contribution < 1.29 is 4.79 Å². The van der Waals surface area contributed by atoms with Gasteiger partial charge in [-0.05, 0) is 25.7 Å². The van der Waals surface area contributed by atoms with Gasteiger partial charge in [0.2, 0.25) is 5.91 Å². The smallest absolute Gasteiger partial charge is 0.226 e. The highest BCUT2D eigenvalue weighted by Crippen LogP contribution is 2.10. The molecule has 1 aliphatic heterocycles. The molecular formula is C11H20NO. The van der Waals surface area contributed by atoms with Gasteiger partial charge in [0.05, 0.1) is 0 Å². The van der Waals surface area contributed by atoms with Crippen molar-refractivity contribution in [3.05, 3.63) is 6.42 Å². The topological polar surface area (TPSA) is 20.3 Å². The first-order valence-corrected chi connectivity index (χ1v) is 5.46. The van der Waals surface area contributed by atoms with E-state index in [-0.39, 0.29) is 5.91 Å². The molecule has 0 aromatic rings. The normalized spacial score (nSPS) is 17.5. The fourth-order valence-corrected chi connectivity index (χ4v) is 1.67. The number of rotatable bonds is 4. The second-order valence-corrected chi connectivity index (χ2v) is 3.73. The molecule has 1 fully saturated rings. The summed E-state index contributed by atoms with van der Waals surface area (Å²) in [7, 11) is 0. The quantitative estimate of drug-likeness (QED) is 0.611. The third-order valence-corrected chi connectivity index (χ3v) is 2.54. The van der Waals surface area contributed by atoms with E-state index in [1.54, 1.807) is 0 Å². The molecule has 0 spiro atoms. The lowest BCUT2D eigenvalue weighted by Gasteiger charge is -2.26. The van der Waals surface area contributed by atoms with E-state index in [9.17, 15) is 4.79 Å². The Morgan fingerprint density at radius 2 is 2.00 bits per heavy atom. The Balaban J connectivity index is 2.13. The molecule has 13 heavy (non-hydrogen) atoms. The second-order valence-electron chi connectivity index (χ2n) is 3.73. The van der Waals surface area contributed by atoms with Crippen molar-refractivity contribution in [3.8, 4) is 0 Å². The zero-order chi connectivity index (χ0) is 9.52. The Labute approximate surface area is 81.3 Å². The van der Waals surface area contributed by atoms with Crippen molar-refractivity contribution >= 4 is 5.91 Å². The van der Waals surface area contributed by atoms with Crippen molar-refractivity contribution in [1.82, 2.24) is 4.90 Å². The number of nitrogens with zero attached hydrogens (tertiary/aromatic N) is 1. The van der Waals surface area contributed by atoms with Crippen LogP contribution in [0.5, 0.6) is 0 Å². The highest BCUT2D eigenvalue weighted by molar-refractivity contribution is 5.84. The second kappa shape index (κ2) is 6.01. The van der Waals surface area contributed by atoms with Gasteiger partial charge in [-0.25, -0.2) is 0 Å². The van der Waals surface area contributed by atoms with Gasteiger partial charge in [0.1, 0.15) is 0 Å². The summed E-state index contributed by atoms with van der Waals surface area (Å²) in [6.45, 7) is 4.10. The molecule has 0 saturated carbocycles. The van der Waals surface area contributed by atoms with Crippen LogP contribution in [0, 0.1) is 6.42 Å². The number of likely N-dealkylation sites (tertiary alicyclic amines) is 1. The zero-order valence-electron chi connectivity index (χ0n) is 8.59. The molecule has 2 nitrogen and oxygen atoms in total. The number of carbonyl (C=O) groups is 1. The standard InChI is InChI=1S/C11H20NO/c1-2-3-5-8-11(13)12-9-6-4-7-10-12/h8H,2-7,9-10H2,1H3. The van der Waals surface area contributed by atoms with E-state index in [1.807, 2.05) is 11.3 Å². The van der Waals surface area contributed by atoms with E-state index < -0.39 is 0 Å². The monoisotopic (exact) mass is 182 g/mol. The average Bonchev–Trinajstić information content (AvgIpc) is 2.19. The first-order chi connectivity index (χ1) is 6.34. The van der Waals surface area contributed by atoms with Gasteiger partial charge < -0.3 is 4.90 Å². The maximum atomic E-state index is 11.5. The highest BCUT2D eigenvalue weighted by Gasteiger charge is 2.15. The molecule has 0 N–H and O–H groups in total. The van der Waals surface area contributed by atoms with Gasteiger partial charge >= 0.3 is 0 Å². The summed E-state index contributed by atoms with van der Waals surface area (Å²) in [6, 6.07) is 0. The minimum absolute atomic E-state index is 0.258. The Hall–Kier alpha value is -0.530. The number of piperidine rings is 1. The first kappa shape index (κ1) is 10.6. The number of amides is 1. The van der Waals surface area contributed by atoms with Crippen LogP contribution in [-0.2, 0) is 4.79 Å². The Bertz CT molecular complexity index is 150. The number of hydrogen-bond acceptors (Lipinski definition) is 1. The molecule has 1 rings (SSSR count). The Kier molecular flexibility index (Phi) is 4.87. The predicted octanol–water partition coefficient (Wildman–Crippen LogP) is 2.39. The molecule has 0 aromatic heterocycles. The minimum Gasteiger partial charge on any atom is -0.342 e. The lowest BCUT2D eigenvalue weighted by atomic mass is 10.1. The molecule has 0 unspecified atom stereocenters. The van der Waals surface area contributed by atoms with Crippen molar-refractivity contribution in [3.63, 3.8) is 0 Å². The summed E-state index contributed by atoms with van der Waals surface area (Å²) in [6.07, 6.45) is 8.78. The maximum absolute atomic E-state index is 11.5. The van der Waals surface area contributed by atoms with Gasteiger partial charge in [0.15, 0.2) is 0 Å². The van der Waals surface area contributed by atoms with E-state index in [0.29, 0.717) is 0 Å². The van der Waals surface area contributed by atoms with Gasteiger partial charge in [-0.3, -0.25) is 4.79 Å². The van der Waals surface area contributed by atoms with Crippen LogP contribution in [0.1, 0.15) is 45.4 Å². The van der Waals surface area contributed by atoms with Crippen LogP contribution >= 0.6 is 0 Å². The van der Waals surface area contributed by atoms with Crippen LogP contribution in [0.15, 0.2) is 0 Å². The summed E-state index contributed by atoms with van der Waals surface area (Å²) < 4.78 is 0. The summed E-state index contributed by atoms with van der Waals surface area (Å²) in [4.78, 5) is 13.5. The number of carbonyl (C=O) groups excluding carboxylic acids is 1.